The SMILES string of the molecule is CC(C)=C(C)C(=O)N[C@@H]1CCCNC1.Cl. The number of rotatable bonds is 2. The molecule has 1 heterocycles. The first-order valence-electron chi connectivity index (χ1n) is 5.27. The minimum Gasteiger partial charge on any atom is -0.348 e. The van der Waals surface area contributed by atoms with Crippen LogP contribution >= 0.6 is 12.4 Å². The van der Waals surface area contributed by atoms with Crippen molar-refractivity contribution in [2.75, 3.05) is 13.1 Å². The molecule has 1 aliphatic heterocycles. The fraction of sp³-hybridized carbons (Fsp3) is 0.727. The highest BCUT2D eigenvalue weighted by Crippen LogP contribution is 2.05. The summed E-state index contributed by atoms with van der Waals surface area (Å²) < 4.78 is 0. The van der Waals surface area contributed by atoms with Crippen LogP contribution in [0.15, 0.2) is 11.1 Å². The normalized spacial score (nSPS) is 20.1. The van der Waals surface area contributed by atoms with E-state index in [9.17, 15) is 4.79 Å². The molecule has 0 bridgehead atoms. The standard InChI is InChI=1S/C11H20N2O.ClH/c1-8(2)9(3)11(14)13-10-5-4-6-12-7-10;/h10,12H,4-7H2,1-3H3,(H,13,14);1H/t10-;/m1./s1. The van der Waals surface area contributed by atoms with E-state index >= 15 is 0 Å². The van der Waals surface area contributed by atoms with Gasteiger partial charge in [-0.2, -0.15) is 0 Å². The van der Waals surface area contributed by atoms with Gasteiger partial charge in [-0.1, -0.05) is 5.57 Å². The molecule has 2 N–H and O–H groups in total. The Morgan fingerprint density at radius 1 is 1.33 bits per heavy atom. The van der Waals surface area contributed by atoms with Gasteiger partial charge in [-0.15, -0.1) is 12.4 Å². The number of carbonyl (C=O) groups excluding carboxylic acids is 1. The van der Waals surface area contributed by atoms with Crippen LogP contribution in [0.3, 0.4) is 0 Å². The third-order valence-corrected chi connectivity index (χ3v) is 2.72. The van der Waals surface area contributed by atoms with Crippen LogP contribution in [0.2, 0.25) is 0 Å². The molecule has 1 amide bonds. The summed E-state index contributed by atoms with van der Waals surface area (Å²) in [5, 5.41) is 6.32. The third kappa shape index (κ3) is 4.67. The Morgan fingerprint density at radius 3 is 2.47 bits per heavy atom. The summed E-state index contributed by atoms with van der Waals surface area (Å²) in [7, 11) is 0. The lowest BCUT2D eigenvalue weighted by Gasteiger charge is -2.24. The lowest BCUT2D eigenvalue weighted by atomic mass is 10.1. The van der Waals surface area contributed by atoms with Crippen LogP contribution in [0.1, 0.15) is 33.6 Å². The molecule has 1 fully saturated rings. The van der Waals surface area contributed by atoms with Crippen LogP contribution in [-0.2, 0) is 4.79 Å². The number of hydrogen-bond donors (Lipinski definition) is 2. The zero-order valence-electron chi connectivity index (χ0n) is 9.72. The monoisotopic (exact) mass is 232 g/mol. The summed E-state index contributed by atoms with van der Waals surface area (Å²) >= 11 is 0. The van der Waals surface area contributed by atoms with E-state index in [1.807, 2.05) is 20.8 Å². The van der Waals surface area contributed by atoms with Gasteiger partial charge in [0.05, 0.1) is 0 Å². The summed E-state index contributed by atoms with van der Waals surface area (Å²) in [5.41, 5.74) is 1.93. The van der Waals surface area contributed by atoms with Gasteiger partial charge in [0.1, 0.15) is 0 Å². The topological polar surface area (TPSA) is 41.1 Å². The average molecular weight is 233 g/mol. The van der Waals surface area contributed by atoms with E-state index in [-0.39, 0.29) is 18.3 Å². The first kappa shape index (κ1) is 14.5. The third-order valence-electron chi connectivity index (χ3n) is 2.72. The van der Waals surface area contributed by atoms with Crippen LogP contribution in [0.25, 0.3) is 0 Å². The number of nitrogens with one attached hydrogen (secondary N) is 2. The van der Waals surface area contributed by atoms with Crippen molar-refractivity contribution in [2.24, 2.45) is 0 Å². The predicted octanol–water partition coefficient (Wildman–Crippen LogP) is 1.63. The summed E-state index contributed by atoms with van der Waals surface area (Å²) in [5.74, 6) is 0.0821. The zero-order chi connectivity index (χ0) is 10.6. The van der Waals surface area contributed by atoms with Gasteiger partial charge in [0.25, 0.3) is 0 Å². The van der Waals surface area contributed by atoms with Crippen LogP contribution in [0.5, 0.6) is 0 Å². The van der Waals surface area contributed by atoms with Crippen molar-refractivity contribution in [3.63, 3.8) is 0 Å². The molecule has 1 aliphatic rings. The summed E-state index contributed by atoms with van der Waals surface area (Å²) in [6, 6.07) is 0.311. The highest BCUT2D eigenvalue weighted by molar-refractivity contribution is 5.93. The van der Waals surface area contributed by atoms with Crippen molar-refractivity contribution in [3.05, 3.63) is 11.1 Å². The molecule has 0 aromatic heterocycles. The second-order valence-electron chi connectivity index (χ2n) is 4.14. The van der Waals surface area contributed by atoms with Gasteiger partial charge in [0.15, 0.2) is 0 Å². The molecular formula is C11H21ClN2O. The Balaban J connectivity index is 0.00000196. The van der Waals surface area contributed by atoms with Gasteiger partial charge in [0.2, 0.25) is 5.91 Å². The largest absolute Gasteiger partial charge is 0.348 e. The predicted molar refractivity (Wildman–Crippen MR) is 65.3 cm³/mol. The van der Waals surface area contributed by atoms with E-state index in [4.69, 9.17) is 0 Å². The van der Waals surface area contributed by atoms with Crippen LogP contribution < -0.4 is 10.6 Å². The molecule has 1 atom stereocenters. The number of piperidine rings is 1. The molecule has 0 unspecified atom stereocenters. The first-order chi connectivity index (χ1) is 6.61. The summed E-state index contributed by atoms with van der Waals surface area (Å²) in [6.45, 7) is 7.79. The molecule has 1 saturated heterocycles. The van der Waals surface area contributed by atoms with E-state index < -0.39 is 0 Å². The molecule has 0 saturated carbocycles. The van der Waals surface area contributed by atoms with E-state index in [0.717, 1.165) is 37.1 Å². The van der Waals surface area contributed by atoms with Gasteiger partial charge in [0, 0.05) is 18.2 Å². The number of amides is 1. The molecule has 0 aromatic carbocycles. The van der Waals surface area contributed by atoms with Gasteiger partial charge in [-0.3, -0.25) is 4.79 Å². The summed E-state index contributed by atoms with van der Waals surface area (Å²) in [6.07, 6.45) is 2.24. The van der Waals surface area contributed by atoms with Crippen molar-refractivity contribution < 1.29 is 4.79 Å². The Hall–Kier alpha value is -0.540. The van der Waals surface area contributed by atoms with E-state index in [1.165, 1.54) is 0 Å². The first-order valence-corrected chi connectivity index (χ1v) is 5.27. The van der Waals surface area contributed by atoms with Gasteiger partial charge in [-0.05, 0) is 40.2 Å². The Morgan fingerprint density at radius 2 is 2.00 bits per heavy atom. The molecule has 1 rings (SSSR count). The Labute approximate surface area is 98.1 Å². The highest BCUT2D eigenvalue weighted by Gasteiger charge is 2.16. The molecular weight excluding hydrogens is 212 g/mol. The Bertz CT molecular complexity index is 241. The van der Waals surface area contributed by atoms with Crippen molar-refractivity contribution in [1.82, 2.24) is 10.6 Å². The smallest absolute Gasteiger partial charge is 0.247 e. The number of carbonyl (C=O) groups is 1. The van der Waals surface area contributed by atoms with Gasteiger partial charge < -0.3 is 10.6 Å². The minimum atomic E-state index is 0. The molecule has 0 aliphatic carbocycles. The minimum absolute atomic E-state index is 0. The molecule has 0 radical (unpaired) electrons. The summed E-state index contributed by atoms with van der Waals surface area (Å²) in [4.78, 5) is 11.7. The van der Waals surface area contributed by atoms with E-state index in [1.54, 1.807) is 0 Å². The molecule has 3 nitrogen and oxygen atoms in total. The maximum Gasteiger partial charge on any atom is 0.247 e. The second-order valence-corrected chi connectivity index (χ2v) is 4.14. The van der Waals surface area contributed by atoms with Crippen molar-refractivity contribution >= 4 is 18.3 Å². The van der Waals surface area contributed by atoms with E-state index in [0.29, 0.717) is 6.04 Å². The maximum absolute atomic E-state index is 11.7. The fourth-order valence-electron chi connectivity index (χ4n) is 1.50. The lowest BCUT2D eigenvalue weighted by molar-refractivity contribution is -0.118. The van der Waals surface area contributed by atoms with Gasteiger partial charge >= 0.3 is 0 Å². The fourth-order valence-corrected chi connectivity index (χ4v) is 1.50. The van der Waals surface area contributed by atoms with E-state index in [2.05, 4.69) is 10.6 Å². The van der Waals surface area contributed by atoms with Gasteiger partial charge in [-0.25, -0.2) is 0 Å². The molecule has 0 spiro atoms. The number of halogens is 1. The van der Waals surface area contributed by atoms with Crippen LogP contribution in [-0.4, -0.2) is 25.0 Å². The van der Waals surface area contributed by atoms with Crippen LogP contribution in [0.4, 0.5) is 0 Å². The second kappa shape index (κ2) is 6.85. The highest BCUT2D eigenvalue weighted by atomic mass is 35.5. The van der Waals surface area contributed by atoms with Crippen molar-refractivity contribution in [3.8, 4) is 0 Å². The lowest BCUT2D eigenvalue weighted by Crippen LogP contribution is -2.45. The molecule has 88 valence electrons. The number of allylic oxidation sites excluding steroid dienone is 1. The zero-order valence-corrected chi connectivity index (χ0v) is 10.5. The van der Waals surface area contributed by atoms with Crippen LogP contribution in [0, 0.1) is 0 Å². The van der Waals surface area contributed by atoms with Crippen molar-refractivity contribution in [1.29, 1.82) is 0 Å². The Kier molecular flexibility index (Phi) is 6.61. The molecule has 15 heavy (non-hydrogen) atoms. The molecule has 0 aromatic rings. The quantitative estimate of drug-likeness (QED) is 0.711. The average Bonchev–Trinajstić information content (AvgIpc) is 2.18. The molecule has 4 heteroatoms. The van der Waals surface area contributed by atoms with Crippen molar-refractivity contribution in [2.45, 2.75) is 39.7 Å². The maximum atomic E-state index is 11.7. The number of hydrogen-bond acceptors (Lipinski definition) is 2.